The zero-order chi connectivity index (χ0) is 14.4. The number of carbonyl (C=O) groups is 1. The van der Waals surface area contributed by atoms with Gasteiger partial charge in [0.25, 0.3) is 0 Å². The van der Waals surface area contributed by atoms with Crippen LogP contribution in [0.3, 0.4) is 0 Å². The molecule has 4 nitrogen and oxygen atoms in total. The van der Waals surface area contributed by atoms with Gasteiger partial charge in [-0.15, -0.1) is 0 Å². The number of urea groups is 1. The van der Waals surface area contributed by atoms with E-state index in [9.17, 15) is 9.90 Å². The first-order chi connectivity index (χ1) is 9.65. The number of rotatable bonds is 3. The molecule has 0 aliphatic carbocycles. The van der Waals surface area contributed by atoms with E-state index < -0.39 is 6.03 Å². The van der Waals surface area contributed by atoms with Crippen LogP contribution in [0.2, 0.25) is 0 Å². The standard InChI is InChI=1S/C15H13BrN2O2/c16-12-7-5-11(6-8-12)9-10-17-15(20)18-13-3-1-2-4-14(13)19/h1-10,19H,(H2,17,18,20)/b10-9+. The highest BCUT2D eigenvalue weighted by Crippen LogP contribution is 2.21. The van der Waals surface area contributed by atoms with Gasteiger partial charge in [-0.1, -0.05) is 40.2 Å². The Labute approximate surface area is 125 Å². The van der Waals surface area contributed by atoms with E-state index in [2.05, 4.69) is 26.6 Å². The number of amides is 2. The summed E-state index contributed by atoms with van der Waals surface area (Å²) in [5.74, 6) is 0.0274. The molecule has 102 valence electrons. The van der Waals surface area contributed by atoms with Crippen molar-refractivity contribution in [2.24, 2.45) is 0 Å². The summed E-state index contributed by atoms with van der Waals surface area (Å²) >= 11 is 3.35. The highest BCUT2D eigenvalue weighted by atomic mass is 79.9. The quantitative estimate of drug-likeness (QED) is 0.745. The van der Waals surface area contributed by atoms with Gasteiger partial charge >= 0.3 is 6.03 Å². The predicted octanol–water partition coefficient (Wildman–Crippen LogP) is 3.95. The highest BCUT2D eigenvalue weighted by Gasteiger charge is 2.02. The number of phenolic OH excluding ortho intramolecular Hbond substituents is 1. The summed E-state index contributed by atoms with van der Waals surface area (Å²) in [6.45, 7) is 0. The topological polar surface area (TPSA) is 61.4 Å². The Morgan fingerprint density at radius 1 is 1.10 bits per heavy atom. The van der Waals surface area contributed by atoms with E-state index in [1.807, 2.05) is 24.3 Å². The van der Waals surface area contributed by atoms with E-state index in [1.54, 1.807) is 30.5 Å². The molecule has 0 aliphatic rings. The van der Waals surface area contributed by atoms with Gasteiger partial charge in [-0.25, -0.2) is 4.79 Å². The van der Waals surface area contributed by atoms with E-state index in [4.69, 9.17) is 0 Å². The summed E-state index contributed by atoms with van der Waals surface area (Å²) in [5, 5.41) is 14.6. The summed E-state index contributed by atoms with van der Waals surface area (Å²) < 4.78 is 1.000. The molecule has 2 rings (SSSR count). The maximum atomic E-state index is 11.6. The number of hydrogen-bond acceptors (Lipinski definition) is 2. The van der Waals surface area contributed by atoms with Crippen LogP contribution in [-0.2, 0) is 0 Å². The molecule has 0 fully saturated rings. The normalized spacial score (nSPS) is 10.4. The molecule has 5 heteroatoms. The maximum Gasteiger partial charge on any atom is 0.323 e. The third-order valence-electron chi connectivity index (χ3n) is 2.51. The van der Waals surface area contributed by atoms with E-state index in [1.165, 1.54) is 6.07 Å². The first-order valence-corrected chi connectivity index (χ1v) is 6.72. The molecular formula is C15H13BrN2O2. The molecule has 0 heterocycles. The number of phenols is 1. The average Bonchev–Trinajstić information content (AvgIpc) is 2.44. The molecule has 0 aliphatic heterocycles. The first-order valence-electron chi connectivity index (χ1n) is 5.93. The van der Waals surface area contributed by atoms with Gasteiger partial charge in [0, 0.05) is 10.7 Å². The SMILES string of the molecule is O=C(N/C=C/c1ccc(Br)cc1)Nc1ccccc1O. The second-order valence-corrected chi connectivity index (χ2v) is 4.92. The van der Waals surface area contributed by atoms with Gasteiger partial charge in [0.1, 0.15) is 5.75 Å². The second-order valence-electron chi connectivity index (χ2n) is 4.00. The minimum Gasteiger partial charge on any atom is -0.506 e. The number of benzene rings is 2. The van der Waals surface area contributed by atoms with Gasteiger partial charge in [0.2, 0.25) is 0 Å². The fraction of sp³-hybridized carbons (Fsp3) is 0. The molecule has 2 aromatic carbocycles. The van der Waals surface area contributed by atoms with Crippen molar-refractivity contribution in [1.82, 2.24) is 5.32 Å². The van der Waals surface area contributed by atoms with Crippen LogP contribution in [0.5, 0.6) is 5.75 Å². The zero-order valence-electron chi connectivity index (χ0n) is 10.5. The number of nitrogens with one attached hydrogen (secondary N) is 2. The van der Waals surface area contributed by atoms with Gasteiger partial charge in [-0.3, -0.25) is 0 Å². The van der Waals surface area contributed by atoms with Crippen molar-refractivity contribution in [2.45, 2.75) is 0 Å². The van der Waals surface area contributed by atoms with Crippen molar-refractivity contribution >= 4 is 33.7 Å². The Morgan fingerprint density at radius 2 is 1.80 bits per heavy atom. The number of anilines is 1. The molecule has 0 spiro atoms. The van der Waals surface area contributed by atoms with E-state index in [0.29, 0.717) is 5.69 Å². The summed E-state index contributed by atoms with van der Waals surface area (Å²) in [7, 11) is 0. The molecular weight excluding hydrogens is 320 g/mol. The minimum atomic E-state index is -0.417. The number of carbonyl (C=O) groups excluding carboxylic acids is 1. The van der Waals surface area contributed by atoms with Crippen LogP contribution in [0.25, 0.3) is 6.08 Å². The van der Waals surface area contributed by atoms with Crippen LogP contribution in [0.1, 0.15) is 5.56 Å². The fourth-order valence-corrected chi connectivity index (χ4v) is 1.79. The lowest BCUT2D eigenvalue weighted by molar-refractivity contribution is 0.255. The molecule has 0 aromatic heterocycles. The Hall–Kier alpha value is -2.27. The molecule has 2 amide bonds. The predicted molar refractivity (Wildman–Crippen MR) is 83.4 cm³/mol. The molecule has 2 aromatic rings. The monoisotopic (exact) mass is 332 g/mol. The van der Waals surface area contributed by atoms with Crippen LogP contribution in [-0.4, -0.2) is 11.1 Å². The highest BCUT2D eigenvalue weighted by molar-refractivity contribution is 9.10. The molecule has 0 saturated carbocycles. The Bertz CT molecular complexity index is 624. The third kappa shape index (κ3) is 4.13. The third-order valence-corrected chi connectivity index (χ3v) is 3.04. The van der Waals surface area contributed by atoms with Crippen molar-refractivity contribution in [2.75, 3.05) is 5.32 Å². The molecule has 20 heavy (non-hydrogen) atoms. The summed E-state index contributed by atoms with van der Waals surface area (Å²) in [6, 6.07) is 13.8. The lowest BCUT2D eigenvalue weighted by Gasteiger charge is -2.06. The first kappa shape index (κ1) is 14.1. The Morgan fingerprint density at radius 3 is 2.50 bits per heavy atom. The van der Waals surface area contributed by atoms with Gasteiger partial charge in [0.15, 0.2) is 0 Å². The van der Waals surface area contributed by atoms with Crippen molar-refractivity contribution in [3.8, 4) is 5.75 Å². The molecule has 0 radical (unpaired) electrons. The lowest BCUT2D eigenvalue weighted by Crippen LogP contribution is -2.23. The number of hydrogen-bond donors (Lipinski definition) is 3. The lowest BCUT2D eigenvalue weighted by atomic mass is 10.2. The van der Waals surface area contributed by atoms with Gasteiger partial charge in [0.05, 0.1) is 5.69 Å². The van der Waals surface area contributed by atoms with Crippen molar-refractivity contribution < 1.29 is 9.90 Å². The second kappa shape index (κ2) is 6.77. The molecule has 0 atom stereocenters. The summed E-state index contributed by atoms with van der Waals surface area (Å²) in [5.41, 5.74) is 1.33. The molecule has 3 N–H and O–H groups in total. The van der Waals surface area contributed by atoms with Crippen LogP contribution < -0.4 is 10.6 Å². The van der Waals surface area contributed by atoms with Crippen LogP contribution in [0.15, 0.2) is 59.2 Å². The number of halogens is 1. The Balaban J connectivity index is 1.89. The smallest absolute Gasteiger partial charge is 0.323 e. The van der Waals surface area contributed by atoms with Crippen molar-refractivity contribution in [3.05, 3.63) is 64.8 Å². The number of para-hydroxylation sites is 2. The molecule has 0 saturated heterocycles. The van der Waals surface area contributed by atoms with Crippen molar-refractivity contribution in [1.29, 1.82) is 0 Å². The van der Waals surface area contributed by atoms with Crippen LogP contribution >= 0.6 is 15.9 Å². The minimum absolute atomic E-state index is 0.0274. The van der Waals surface area contributed by atoms with Gasteiger partial charge in [-0.05, 0) is 35.9 Å². The fourth-order valence-electron chi connectivity index (χ4n) is 1.53. The Kier molecular flexibility index (Phi) is 4.79. The molecule has 0 unspecified atom stereocenters. The van der Waals surface area contributed by atoms with E-state index in [-0.39, 0.29) is 5.75 Å². The van der Waals surface area contributed by atoms with E-state index in [0.717, 1.165) is 10.0 Å². The van der Waals surface area contributed by atoms with Crippen LogP contribution in [0.4, 0.5) is 10.5 Å². The maximum absolute atomic E-state index is 11.6. The van der Waals surface area contributed by atoms with Gasteiger partial charge < -0.3 is 15.7 Å². The summed E-state index contributed by atoms with van der Waals surface area (Å²) in [6.07, 6.45) is 3.31. The average molecular weight is 333 g/mol. The van der Waals surface area contributed by atoms with E-state index >= 15 is 0 Å². The zero-order valence-corrected chi connectivity index (χ0v) is 12.1. The van der Waals surface area contributed by atoms with Crippen LogP contribution in [0, 0.1) is 0 Å². The number of aromatic hydroxyl groups is 1. The largest absolute Gasteiger partial charge is 0.506 e. The van der Waals surface area contributed by atoms with Crippen molar-refractivity contribution in [3.63, 3.8) is 0 Å². The van der Waals surface area contributed by atoms with Gasteiger partial charge in [-0.2, -0.15) is 0 Å². The summed E-state index contributed by atoms with van der Waals surface area (Å²) in [4.78, 5) is 11.6. The molecule has 0 bridgehead atoms.